The summed E-state index contributed by atoms with van der Waals surface area (Å²) in [4.78, 5) is 9.24. The highest BCUT2D eigenvalue weighted by atomic mass is 35.5. The molecule has 174 valence electrons. The first-order chi connectivity index (χ1) is 15.8. The van der Waals surface area contributed by atoms with Gasteiger partial charge in [-0.2, -0.15) is 13.2 Å². The molecule has 1 unspecified atom stereocenters. The van der Waals surface area contributed by atoms with Crippen LogP contribution in [0.4, 0.5) is 24.8 Å². The summed E-state index contributed by atoms with van der Waals surface area (Å²) in [6, 6.07) is 5.40. The minimum atomic E-state index is -4.63. The molecule has 0 aliphatic carbocycles. The van der Waals surface area contributed by atoms with Gasteiger partial charge in [0, 0.05) is 23.4 Å². The van der Waals surface area contributed by atoms with Gasteiger partial charge in [0.15, 0.2) is 0 Å². The molecule has 0 saturated carbocycles. The Morgan fingerprint density at radius 2 is 2.06 bits per heavy atom. The van der Waals surface area contributed by atoms with Crippen molar-refractivity contribution in [1.82, 2.24) is 15.3 Å². The molecule has 2 aliphatic rings. The fraction of sp³-hybridized carbons (Fsp3) is 0.333. The van der Waals surface area contributed by atoms with Crippen LogP contribution in [0, 0.1) is 0 Å². The van der Waals surface area contributed by atoms with Gasteiger partial charge in [0.2, 0.25) is 5.95 Å². The van der Waals surface area contributed by atoms with Crippen LogP contribution in [-0.4, -0.2) is 32.2 Å². The quantitative estimate of drug-likeness (QED) is 0.441. The molecular weight excluding hydrogens is 513 g/mol. The third kappa shape index (κ3) is 4.79. The van der Waals surface area contributed by atoms with Crippen LogP contribution in [0.1, 0.15) is 23.1 Å². The lowest BCUT2D eigenvalue weighted by atomic mass is 10.0. The van der Waals surface area contributed by atoms with Crippen molar-refractivity contribution in [3.63, 3.8) is 0 Å². The number of alkyl halides is 3. The first-order valence-electron chi connectivity index (χ1n) is 10.2. The minimum Gasteiger partial charge on any atom is -0.323 e. The smallest absolute Gasteiger partial charge is 0.323 e. The normalized spacial score (nSPS) is 18.4. The molecule has 12 heteroatoms. The number of nitrogens with zero attached hydrogens (tertiary/aromatic N) is 2. The summed E-state index contributed by atoms with van der Waals surface area (Å²) in [6.45, 7) is 1.57. The maximum Gasteiger partial charge on any atom is 0.420 e. The van der Waals surface area contributed by atoms with Crippen molar-refractivity contribution in [2.45, 2.75) is 34.7 Å². The molecule has 4 heterocycles. The van der Waals surface area contributed by atoms with E-state index in [0.717, 1.165) is 65.2 Å². The maximum atomic E-state index is 13.8. The second-order valence-electron chi connectivity index (χ2n) is 7.62. The van der Waals surface area contributed by atoms with Crippen LogP contribution in [0.25, 0.3) is 10.6 Å². The van der Waals surface area contributed by atoms with E-state index in [1.807, 2.05) is 12.1 Å². The molecule has 3 aromatic rings. The molecule has 2 aliphatic heterocycles. The van der Waals surface area contributed by atoms with Crippen molar-refractivity contribution in [1.29, 1.82) is 0 Å². The van der Waals surface area contributed by atoms with Gasteiger partial charge < -0.3 is 10.6 Å². The number of aromatic nitrogens is 2. The number of hydrogen-bond acceptors (Lipinski definition) is 7. The molecule has 2 aromatic heterocycles. The molecule has 33 heavy (non-hydrogen) atoms. The SMILES string of the molecule is O=S1CCCSc2cc(-c3nc(Nc4cc5c(cc4Cl)CNCC5)ncc3C(F)(F)F)sc21. The largest absolute Gasteiger partial charge is 0.420 e. The molecule has 1 atom stereocenters. The fourth-order valence-electron chi connectivity index (χ4n) is 3.75. The van der Waals surface area contributed by atoms with Crippen LogP contribution >= 0.6 is 34.7 Å². The van der Waals surface area contributed by atoms with Gasteiger partial charge in [-0.05, 0) is 54.5 Å². The Kier molecular flexibility index (Phi) is 6.43. The van der Waals surface area contributed by atoms with E-state index in [1.165, 1.54) is 11.8 Å². The van der Waals surface area contributed by atoms with Gasteiger partial charge in [-0.25, -0.2) is 9.97 Å². The van der Waals surface area contributed by atoms with Gasteiger partial charge in [-0.1, -0.05) is 11.6 Å². The Balaban J connectivity index is 1.55. The highest BCUT2D eigenvalue weighted by Gasteiger charge is 2.36. The number of hydrogen-bond donors (Lipinski definition) is 2. The number of benzene rings is 1. The van der Waals surface area contributed by atoms with Crippen molar-refractivity contribution in [3.05, 3.63) is 46.1 Å². The Morgan fingerprint density at radius 3 is 2.88 bits per heavy atom. The molecule has 1 aromatic carbocycles. The minimum absolute atomic E-state index is 0.0196. The zero-order valence-electron chi connectivity index (χ0n) is 17.1. The summed E-state index contributed by atoms with van der Waals surface area (Å²) >= 11 is 9.03. The lowest BCUT2D eigenvalue weighted by molar-refractivity contribution is -0.137. The zero-order valence-corrected chi connectivity index (χ0v) is 20.3. The van der Waals surface area contributed by atoms with Gasteiger partial charge in [0.1, 0.15) is 9.77 Å². The van der Waals surface area contributed by atoms with Crippen LogP contribution in [0.2, 0.25) is 5.02 Å². The summed E-state index contributed by atoms with van der Waals surface area (Å²) in [5.41, 5.74) is 1.60. The number of halogens is 4. The lowest BCUT2D eigenvalue weighted by Gasteiger charge is -2.19. The summed E-state index contributed by atoms with van der Waals surface area (Å²) in [6.07, 6.45) is -2.20. The molecular formula is C21H18ClF3N4OS3. The van der Waals surface area contributed by atoms with Crippen LogP contribution in [0.3, 0.4) is 0 Å². The van der Waals surface area contributed by atoms with Crippen molar-refractivity contribution in [2.75, 3.05) is 23.4 Å². The average molecular weight is 531 g/mol. The van der Waals surface area contributed by atoms with Crippen LogP contribution in [0.5, 0.6) is 0 Å². The summed E-state index contributed by atoms with van der Waals surface area (Å²) in [7, 11) is -1.22. The van der Waals surface area contributed by atoms with Crippen molar-refractivity contribution < 1.29 is 17.4 Å². The Labute approximate surface area is 204 Å². The second-order valence-corrected chi connectivity index (χ2v) is 12.0. The van der Waals surface area contributed by atoms with Crippen molar-refractivity contribution in [2.24, 2.45) is 0 Å². The van der Waals surface area contributed by atoms with Crippen molar-refractivity contribution in [3.8, 4) is 10.6 Å². The number of fused-ring (bicyclic) bond motifs is 2. The topological polar surface area (TPSA) is 66.9 Å². The van der Waals surface area contributed by atoms with Crippen molar-refractivity contribution >= 4 is 57.1 Å². The van der Waals surface area contributed by atoms with E-state index in [4.69, 9.17) is 11.6 Å². The highest BCUT2D eigenvalue weighted by molar-refractivity contribution is 8.00. The van der Waals surface area contributed by atoms with Gasteiger partial charge in [-0.15, -0.1) is 23.1 Å². The van der Waals surface area contributed by atoms with Crippen LogP contribution in [0.15, 0.2) is 33.5 Å². The molecule has 5 nitrogen and oxygen atoms in total. The first kappa shape index (κ1) is 23.1. The number of anilines is 2. The number of nitrogens with one attached hydrogen (secondary N) is 2. The molecule has 0 amide bonds. The van der Waals surface area contributed by atoms with E-state index in [1.54, 1.807) is 6.07 Å². The van der Waals surface area contributed by atoms with E-state index >= 15 is 0 Å². The van der Waals surface area contributed by atoms with E-state index in [9.17, 15) is 17.4 Å². The first-order valence-corrected chi connectivity index (χ1v) is 13.7. The molecule has 0 radical (unpaired) electrons. The van der Waals surface area contributed by atoms with Crippen LogP contribution < -0.4 is 10.6 Å². The standard InChI is InChI=1S/C21H18ClF3N4OS3/c22-14-6-12-9-26-3-2-11(12)7-15(14)28-20-27-10-13(21(23,24)25)18(29-20)16-8-17-19(32-16)33(30)5-1-4-31-17/h6-8,10,26H,1-5,9H2,(H,27,28,29). The molecule has 0 spiro atoms. The Hall–Kier alpha value is -1.66. The number of rotatable bonds is 3. The molecule has 0 bridgehead atoms. The maximum absolute atomic E-state index is 13.8. The summed E-state index contributed by atoms with van der Waals surface area (Å²) < 4.78 is 54.5. The average Bonchev–Trinajstić information content (AvgIpc) is 3.13. The monoisotopic (exact) mass is 530 g/mol. The van der Waals surface area contributed by atoms with Gasteiger partial charge >= 0.3 is 6.18 Å². The van der Waals surface area contributed by atoms with E-state index in [-0.39, 0.29) is 11.6 Å². The van der Waals surface area contributed by atoms with E-state index in [0.29, 0.717) is 25.5 Å². The van der Waals surface area contributed by atoms with E-state index in [2.05, 4.69) is 20.6 Å². The predicted octanol–water partition coefficient (Wildman–Crippen LogP) is 5.87. The Bertz CT molecular complexity index is 1250. The van der Waals surface area contributed by atoms with Gasteiger partial charge in [0.25, 0.3) is 0 Å². The third-order valence-corrected chi connectivity index (χ3v) is 10.1. The van der Waals surface area contributed by atoms with Crippen LogP contribution in [-0.2, 0) is 29.9 Å². The molecule has 2 N–H and O–H groups in total. The lowest BCUT2D eigenvalue weighted by Crippen LogP contribution is -2.23. The van der Waals surface area contributed by atoms with Gasteiger partial charge in [0.05, 0.1) is 32.1 Å². The predicted molar refractivity (Wildman–Crippen MR) is 127 cm³/mol. The second kappa shape index (κ2) is 9.18. The zero-order chi connectivity index (χ0) is 23.2. The third-order valence-electron chi connectivity index (χ3n) is 5.35. The van der Waals surface area contributed by atoms with Gasteiger partial charge in [-0.3, -0.25) is 4.21 Å². The molecule has 0 saturated heterocycles. The fourth-order valence-corrected chi connectivity index (χ4v) is 8.39. The van der Waals surface area contributed by atoms with E-state index < -0.39 is 22.5 Å². The Morgan fingerprint density at radius 1 is 1.21 bits per heavy atom. The molecule has 5 rings (SSSR count). The summed E-state index contributed by atoms with van der Waals surface area (Å²) in [5, 5.41) is 6.71. The number of thioether (sulfide) groups is 1. The highest BCUT2D eigenvalue weighted by Crippen LogP contribution is 2.44. The number of thiophene rings is 1. The molecule has 0 fully saturated rings. The summed E-state index contributed by atoms with van der Waals surface area (Å²) in [5.74, 6) is 1.31.